The van der Waals surface area contributed by atoms with E-state index in [-0.39, 0.29) is 18.0 Å². The number of carbonyl (C=O) groups excluding carboxylic acids is 1. The number of aryl methyl sites for hydroxylation is 2. The number of carbonyl (C=O) groups is 1. The molecule has 172 valence electrons. The Morgan fingerprint density at radius 3 is 2.38 bits per heavy atom. The minimum Gasteiger partial charge on any atom is -0.322 e. The van der Waals surface area contributed by atoms with Crippen molar-refractivity contribution in [1.82, 2.24) is 10.2 Å². The number of likely N-dealkylation sites (tertiary alicyclic amines) is 1. The Kier molecular flexibility index (Phi) is 5.82. The smallest absolute Gasteiger partial charge is 0.237 e. The Morgan fingerprint density at radius 2 is 1.78 bits per heavy atom. The number of nitrogens with zero attached hydrogens (tertiary/aromatic N) is 2. The van der Waals surface area contributed by atoms with E-state index in [0.717, 1.165) is 24.7 Å². The van der Waals surface area contributed by atoms with Gasteiger partial charge in [0, 0.05) is 12.1 Å². The van der Waals surface area contributed by atoms with E-state index in [1.807, 2.05) is 4.90 Å². The molecule has 7 atom stereocenters. The van der Waals surface area contributed by atoms with E-state index in [4.69, 9.17) is 0 Å². The van der Waals surface area contributed by atoms with Crippen molar-refractivity contribution in [2.24, 2.45) is 23.7 Å². The van der Waals surface area contributed by atoms with Crippen molar-refractivity contribution in [2.75, 3.05) is 6.54 Å². The molecule has 1 aliphatic heterocycles. The van der Waals surface area contributed by atoms with Crippen LogP contribution < -0.4 is 5.32 Å². The molecular weight excluding hydrogens is 394 g/mol. The van der Waals surface area contributed by atoms with Crippen LogP contribution in [0.3, 0.4) is 0 Å². The molecule has 4 aliphatic rings. The molecule has 0 radical (unpaired) electrons. The average Bonchev–Trinajstić information content (AvgIpc) is 3.21. The highest BCUT2D eigenvalue weighted by Gasteiger charge is 2.59. The van der Waals surface area contributed by atoms with Crippen molar-refractivity contribution in [3.05, 3.63) is 33.9 Å². The van der Waals surface area contributed by atoms with E-state index in [1.54, 1.807) is 27.8 Å². The predicted octanol–water partition coefficient (Wildman–Crippen LogP) is 4.22. The van der Waals surface area contributed by atoms with Gasteiger partial charge in [0.2, 0.25) is 5.91 Å². The van der Waals surface area contributed by atoms with Gasteiger partial charge < -0.3 is 10.2 Å². The molecular formula is C28H39N3O. The highest BCUT2D eigenvalue weighted by Crippen LogP contribution is 2.52. The summed E-state index contributed by atoms with van der Waals surface area (Å²) >= 11 is 0. The normalized spacial score (nSPS) is 33.7. The van der Waals surface area contributed by atoms with Crippen LogP contribution in [0, 0.1) is 35.0 Å². The van der Waals surface area contributed by atoms with Gasteiger partial charge >= 0.3 is 0 Å². The van der Waals surface area contributed by atoms with Crippen LogP contribution in [0.15, 0.2) is 6.07 Å². The minimum atomic E-state index is -0.220. The second-order valence-electron chi connectivity index (χ2n) is 11.5. The van der Waals surface area contributed by atoms with Crippen LogP contribution >= 0.6 is 0 Å². The van der Waals surface area contributed by atoms with Gasteiger partial charge in [-0.25, -0.2) is 0 Å². The van der Waals surface area contributed by atoms with Gasteiger partial charge in [-0.15, -0.1) is 0 Å². The number of benzene rings is 1. The van der Waals surface area contributed by atoms with E-state index in [9.17, 15) is 10.1 Å². The summed E-state index contributed by atoms with van der Waals surface area (Å²) in [6, 6.07) is 5.23. The molecule has 0 spiro atoms. The van der Waals surface area contributed by atoms with E-state index < -0.39 is 0 Å². The molecule has 1 amide bonds. The number of amides is 1. The van der Waals surface area contributed by atoms with Crippen LogP contribution in [0.25, 0.3) is 0 Å². The van der Waals surface area contributed by atoms with Gasteiger partial charge in [-0.05, 0) is 110 Å². The molecule has 1 heterocycles. The largest absolute Gasteiger partial charge is 0.322 e. The van der Waals surface area contributed by atoms with Crippen molar-refractivity contribution in [3.63, 3.8) is 0 Å². The zero-order valence-corrected chi connectivity index (χ0v) is 20.3. The maximum atomic E-state index is 13.0. The van der Waals surface area contributed by atoms with Crippen LogP contribution in [0.5, 0.6) is 0 Å². The summed E-state index contributed by atoms with van der Waals surface area (Å²) in [5, 5.41) is 13.0. The summed E-state index contributed by atoms with van der Waals surface area (Å²) in [7, 11) is 0. The maximum Gasteiger partial charge on any atom is 0.237 e. The van der Waals surface area contributed by atoms with Gasteiger partial charge in [-0.1, -0.05) is 26.8 Å². The van der Waals surface area contributed by atoms with Crippen molar-refractivity contribution in [1.29, 1.82) is 5.26 Å². The lowest BCUT2D eigenvalue weighted by atomic mass is 9.73. The fraction of sp³-hybridized carbons (Fsp3) is 0.714. The third-order valence-corrected chi connectivity index (χ3v) is 8.98. The molecule has 4 heteroatoms. The predicted molar refractivity (Wildman–Crippen MR) is 127 cm³/mol. The fourth-order valence-corrected chi connectivity index (χ4v) is 6.96. The highest BCUT2D eigenvalue weighted by molar-refractivity contribution is 5.80. The number of hydrogen-bond donors (Lipinski definition) is 1. The van der Waals surface area contributed by atoms with Crippen molar-refractivity contribution < 1.29 is 4.79 Å². The Morgan fingerprint density at radius 1 is 1.16 bits per heavy atom. The lowest BCUT2D eigenvalue weighted by Crippen LogP contribution is -2.45. The Balaban J connectivity index is 1.30. The second kappa shape index (κ2) is 8.49. The highest BCUT2D eigenvalue weighted by atomic mass is 16.2. The molecule has 1 N–H and O–H groups in total. The van der Waals surface area contributed by atoms with Crippen molar-refractivity contribution in [2.45, 2.75) is 97.2 Å². The Bertz CT molecular complexity index is 909. The van der Waals surface area contributed by atoms with Crippen LogP contribution in [-0.4, -0.2) is 35.5 Å². The van der Waals surface area contributed by atoms with E-state index in [1.165, 1.54) is 38.5 Å². The second-order valence-corrected chi connectivity index (χ2v) is 11.5. The zero-order valence-electron chi connectivity index (χ0n) is 20.3. The SMILES string of the molecule is CC1CCc2cc3c(c(CC(C)NCC(=O)N4C5C(C)C5C[C@H]4C#N)c2C1)CC(C)CC3. The first-order valence-corrected chi connectivity index (χ1v) is 13.0. The van der Waals surface area contributed by atoms with Gasteiger partial charge in [-0.2, -0.15) is 5.26 Å². The summed E-state index contributed by atoms with van der Waals surface area (Å²) in [6.07, 6.45) is 9.33. The Hall–Kier alpha value is -1.86. The maximum absolute atomic E-state index is 13.0. The number of piperidine rings is 1. The fourth-order valence-electron chi connectivity index (χ4n) is 6.96. The summed E-state index contributed by atoms with van der Waals surface area (Å²) < 4.78 is 0. The molecule has 1 saturated carbocycles. The van der Waals surface area contributed by atoms with Crippen LogP contribution in [-0.2, 0) is 36.9 Å². The van der Waals surface area contributed by atoms with E-state index >= 15 is 0 Å². The third-order valence-electron chi connectivity index (χ3n) is 8.98. The van der Waals surface area contributed by atoms with Crippen LogP contribution in [0.1, 0.15) is 74.8 Å². The molecule has 1 saturated heterocycles. The Labute approximate surface area is 193 Å². The number of fused-ring (bicyclic) bond motifs is 3. The quantitative estimate of drug-likeness (QED) is 0.757. The molecule has 32 heavy (non-hydrogen) atoms. The van der Waals surface area contributed by atoms with Crippen molar-refractivity contribution in [3.8, 4) is 6.07 Å². The standard InChI is InChI=1S/C28H39N3O/c1-16-5-7-20-12-21-8-6-17(2)10-25(21)26(24(20)9-16)11-18(3)30-15-27(32)31-22(14-29)13-23-19(4)28(23)31/h12,16-19,22-23,28,30H,5-11,13,15H2,1-4H3/t16?,17?,18?,19?,22-,23?,28?/m0/s1. The van der Waals surface area contributed by atoms with Gasteiger partial charge in [-0.3, -0.25) is 4.79 Å². The van der Waals surface area contributed by atoms with Gasteiger partial charge in [0.05, 0.1) is 12.6 Å². The third kappa shape index (κ3) is 3.87. The molecule has 6 unspecified atom stereocenters. The topological polar surface area (TPSA) is 56.1 Å². The van der Waals surface area contributed by atoms with Crippen molar-refractivity contribution >= 4 is 5.91 Å². The number of rotatable bonds is 5. The molecule has 5 rings (SSSR count). The van der Waals surface area contributed by atoms with Gasteiger partial charge in [0.1, 0.15) is 6.04 Å². The van der Waals surface area contributed by atoms with Gasteiger partial charge in [0.15, 0.2) is 0 Å². The average molecular weight is 434 g/mol. The molecule has 4 nitrogen and oxygen atoms in total. The lowest BCUT2D eigenvalue weighted by Gasteiger charge is -2.32. The van der Waals surface area contributed by atoms with Crippen LogP contribution in [0.4, 0.5) is 0 Å². The first-order chi connectivity index (χ1) is 15.4. The first-order valence-electron chi connectivity index (χ1n) is 13.0. The number of nitriles is 1. The summed E-state index contributed by atoms with van der Waals surface area (Å²) in [6.45, 7) is 9.57. The van der Waals surface area contributed by atoms with E-state index in [2.05, 4.69) is 45.1 Å². The summed E-state index contributed by atoms with van der Waals surface area (Å²) in [4.78, 5) is 14.9. The molecule has 0 aromatic heterocycles. The molecule has 0 bridgehead atoms. The van der Waals surface area contributed by atoms with Gasteiger partial charge in [0.25, 0.3) is 0 Å². The first kappa shape index (κ1) is 22.0. The summed E-state index contributed by atoms with van der Waals surface area (Å²) in [5.74, 6) is 2.74. The molecule has 1 aromatic carbocycles. The number of nitrogens with one attached hydrogen (secondary N) is 1. The monoisotopic (exact) mass is 433 g/mol. The summed E-state index contributed by atoms with van der Waals surface area (Å²) in [5.41, 5.74) is 8.02. The van der Waals surface area contributed by atoms with E-state index in [0.29, 0.717) is 24.4 Å². The molecule has 3 aliphatic carbocycles. The zero-order chi connectivity index (χ0) is 22.6. The molecule has 2 fully saturated rings. The minimum absolute atomic E-state index is 0.111. The number of hydrogen-bond acceptors (Lipinski definition) is 3. The molecule has 1 aromatic rings. The van der Waals surface area contributed by atoms with Crippen LogP contribution in [0.2, 0.25) is 0 Å². The lowest BCUT2D eigenvalue weighted by molar-refractivity contribution is -0.131.